The lowest BCUT2D eigenvalue weighted by atomic mass is 10.1. The van der Waals surface area contributed by atoms with Crippen molar-refractivity contribution in [3.63, 3.8) is 0 Å². The summed E-state index contributed by atoms with van der Waals surface area (Å²) in [6.45, 7) is 3.96. The quantitative estimate of drug-likeness (QED) is 0.906. The fraction of sp³-hybridized carbons (Fsp3) is 0.235. The molecule has 0 unspecified atom stereocenters. The van der Waals surface area contributed by atoms with Gasteiger partial charge in [-0.2, -0.15) is 0 Å². The van der Waals surface area contributed by atoms with Crippen LogP contribution in [0.4, 0.5) is 0 Å². The van der Waals surface area contributed by atoms with E-state index < -0.39 is 12.1 Å². The summed E-state index contributed by atoms with van der Waals surface area (Å²) in [7, 11) is 0. The Labute approximate surface area is 118 Å². The van der Waals surface area contributed by atoms with Crippen LogP contribution >= 0.6 is 0 Å². The Morgan fingerprint density at radius 1 is 1.10 bits per heavy atom. The monoisotopic (exact) mass is 270 g/mol. The van der Waals surface area contributed by atoms with E-state index in [2.05, 4.69) is 0 Å². The molecule has 3 heteroatoms. The zero-order valence-corrected chi connectivity index (χ0v) is 11.7. The highest BCUT2D eigenvalue weighted by Gasteiger charge is 2.20. The van der Waals surface area contributed by atoms with E-state index in [1.807, 2.05) is 50.2 Å². The Kier molecular flexibility index (Phi) is 4.41. The van der Waals surface area contributed by atoms with Crippen molar-refractivity contribution in [3.05, 3.63) is 65.2 Å². The normalized spacial score (nSPS) is 11.9. The van der Waals surface area contributed by atoms with Gasteiger partial charge in [0.25, 0.3) is 0 Å². The number of aliphatic carboxylic acids is 1. The highest BCUT2D eigenvalue weighted by atomic mass is 16.5. The average Bonchev–Trinajstić information content (AvgIpc) is 2.40. The fourth-order valence-corrected chi connectivity index (χ4v) is 2.01. The summed E-state index contributed by atoms with van der Waals surface area (Å²) in [5, 5.41) is 9.29. The van der Waals surface area contributed by atoms with E-state index in [0.29, 0.717) is 12.2 Å². The number of carboxylic acids is 1. The van der Waals surface area contributed by atoms with Crippen molar-refractivity contribution >= 4 is 5.97 Å². The van der Waals surface area contributed by atoms with Crippen LogP contribution in [0, 0.1) is 13.8 Å². The van der Waals surface area contributed by atoms with Gasteiger partial charge in [-0.1, -0.05) is 47.5 Å². The third kappa shape index (κ3) is 3.85. The first-order chi connectivity index (χ1) is 9.54. The summed E-state index contributed by atoms with van der Waals surface area (Å²) in [5.41, 5.74) is 3.19. The molecule has 0 aromatic heterocycles. The molecule has 0 spiro atoms. The van der Waals surface area contributed by atoms with E-state index in [1.165, 1.54) is 0 Å². The zero-order valence-electron chi connectivity index (χ0n) is 11.7. The first-order valence-corrected chi connectivity index (χ1v) is 6.56. The molecule has 20 heavy (non-hydrogen) atoms. The highest BCUT2D eigenvalue weighted by Crippen LogP contribution is 2.16. The molecule has 2 aromatic carbocycles. The molecule has 0 radical (unpaired) electrons. The van der Waals surface area contributed by atoms with E-state index in [0.717, 1.165) is 16.7 Å². The number of rotatable bonds is 5. The van der Waals surface area contributed by atoms with Gasteiger partial charge in [0.05, 0.1) is 0 Å². The molecule has 0 amide bonds. The lowest BCUT2D eigenvalue weighted by Gasteiger charge is -2.15. The number of hydrogen-bond acceptors (Lipinski definition) is 2. The van der Waals surface area contributed by atoms with E-state index in [4.69, 9.17) is 4.74 Å². The van der Waals surface area contributed by atoms with Gasteiger partial charge in [-0.3, -0.25) is 0 Å². The summed E-state index contributed by atoms with van der Waals surface area (Å²) < 4.78 is 5.58. The van der Waals surface area contributed by atoms with E-state index in [-0.39, 0.29) is 0 Å². The number of carboxylic acid groups (broad SMARTS) is 1. The standard InChI is InChI=1S/C17H18O3/c1-12-6-8-15(9-7-12)20-16(17(18)19)11-14-5-3-4-13(2)10-14/h3-10,16H,11H2,1-2H3,(H,18,19)/t16-/m1/s1. The second-order valence-corrected chi connectivity index (χ2v) is 4.95. The Bertz CT molecular complexity index is 587. The Morgan fingerprint density at radius 2 is 1.80 bits per heavy atom. The average molecular weight is 270 g/mol. The molecule has 0 bridgehead atoms. The smallest absolute Gasteiger partial charge is 0.345 e. The minimum atomic E-state index is -0.952. The van der Waals surface area contributed by atoms with Crippen molar-refractivity contribution in [3.8, 4) is 5.75 Å². The van der Waals surface area contributed by atoms with Crippen LogP contribution in [-0.2, 0) is 11.2 Å². The van der Waals surface area contributed by atoms with Gasteiger partial charge in [0.15, 0.2) is 6.10 Å². The van der Waals surface area contributed by atoms with Crippen LogP contribution in [0.2, 0.25) is 0 Å². The SMILES string of the molecule is Cc1ccc(O[C@H](Cc2cccc(C)c2)C(=O)O)cc1. The third-order valence-electron chi connectivity index (χ3n) is 3.08. The van der Waals surface area contributed by atoms with Crippen molar-refractivity contribution < 1.29 is 14.6 Å². The van der Waals surface area contributed by atoms with E-state index in [9.17, 15) is 9.90 Å². The molecule has 0 aliphatic carbocycles. The summed E-state index contributed by atoms with van der Waals surface area (Å²) in [5.74, 6) is -0.372. The van der Waals surface area contributed by atoms with Gasteiger partial charge < -0.3 is 9.84 Å². The zero-order chi connectivity index (χ0) is 14.5. The first-order valence-electron chi connectivity index (χ1n) is 6.56. The molecule has 1 N–H and O–H groups in total. The van der Waals surface area contributed by atoms with Crippen LogP contribution in [-0.4, -0.2) is 17.2 Å². The maximum Gasteiger partial charge on any atom is 0.345 e. The molecule has 0 aliphatic rings. The van der Waals surface area contributed by atoms with Gasteiger partial charge in [-0.05, 0) is 31.5 Å². The Morgan fingerprint density at radius 3 is 2.40 bits per heavy atom. The van der Waals surface area contributed by atoms with Crippen molar-refractivity contribution in [1.82, 2.24) is 0 Å². The van der Waals surface area contributed by atoms with Crippen LogP contribution in [0.25, 0.3) is 0 Å². The topological polar surface area (TPSA) is 46.5 Å². The number of benzene rings is 2. The van der Waals surface area contributed by atoms with Crippen molar-refractivity contribution in [2.24, 2.45) is 0 Å². The summed E-state index contributed by atoms with van der Waals surface area (Å²) in [6, 6.07) is 15.2. The van der Waals surface area contributed by atoms with Crippen LogP contribution < -0.4 is 4.74 Å². The van der Waals surface area contributed by atoms with E-state index >= 15 is 0 Å². The Balaban J connectivity index is 2.11. The van der Waals surface area contributed by atoms with Gasteiger partial charge in [0, 0.05) is 6.42 Å². The Hall–Kier alpha value is -2.29. The van der Waals surface area contributed by atoms with Gasteiger partial charge in [-0.15, -0.1) is 0 Å². The van der Waals surface area contributed by atoms with Gasteiger partial charge >= 0.3 is 5.97 Å². The number of hydrogen-bond donors (Lipinski definition) is 1. The molecule has 0 heterocycles. The molecule has 0 aliphatic heterocycles. The number of carbonyl (C=O) groups is 1. The van der Waals surface area contributed by atoms with Crippen LogP contribution in [0.1, 0.15) is 16.7 Å². The molecule has 0 fully saturated rings. The first kappa shape index (κ1) is 14.1. The lowest BCUT2D eigenvalue weighted by Crippen LogP contribution is -2.29. The van der Waals surface area contributed by atoms with Gasteiger partial charge in [0.1, 0.15) is 5.75 Å². The van der Waals surface area contributed by atoms with Crippen LogP contribution in [0.15, 0.2) is 48.5 Å². The third-order valence-corrected chi connectivity index (χ3v) is 3.08. The fourth-order valence-electron chi connectivity index (χ4n) is 2.01. The summed E-state index contributed by atoms with van der Waals surface area (Å²) in [6.07, 6.45) is -0.523. The molecule has 2 aromatic rings. The minimum absolute atomic E-state index is 0.352. The number of aryl methyl sites for hydroxylation is 2. The van der Waals surface area contributed by atoms with Gasteiger partial charge in [0.2, 0.25) is 0 Å². The van der Waals surface area contributed by atoms with Crippen molar-refractivity contribution in [2.45, 2.75) is 26.4 Å². The molecule has 104 valence electrons. The van der Waals surface area contributed by atoms with Crippen LogP contribution in [0.3, 0.4) is 0 Å². The number of ether oxygens (including phenoxy) is 1. The predicted molar refractivity (Wildman–Crippen MR) is 78.1 cm³/mol. The predicted octanol–water partition coefficient (Wildman–Crippen LogP) is 3.38. The van der Waals surface area contributed by atoms with Gasteiger partial charge in [-0.25, -0.2) is 4.79 Å². The van der Waals surface area contributed by atoms with Crippen LogP contribution in [0.5, 0.6) is 5.75 Å². The molecule has 1 atom stereocenters. The minimum Gasteiger partial charge on any atom is -0.478 e. The largest absolute Gasteiger partial charge is 0.478 e. The maximum atomic E-state index is 11.3. The molecule has 0 saturated carbocycles. The highest BCUT2D eigenvalue weighted by molar-refractivity contribution is 5.73. The lowest BCUT2D eigenvalue weighted by molar-refractivity contribution is -0.145. The summed E-state index contributed by atoms with van der Waals surface area (Å²) in [4.78, 5) is 11.3. The molecule has 0 saturated heterocycles. The molecule has 3 nitrogen and oxygen atoms in total. The molecular formula is C17H18O3. The van der Waals surface area contributed by atoms with Crippen molar-refractivity contribution in [2.75, 3.05) is 0 Å². The second kappa shape index (κ2) is 6.24. The summed E-state index contributed by atoms with van der Waals surface area (Å²) >= 11 is 0. The second-order valence-electron chi connectivity index (χ2n) is 4.95. The molecular weight excluding hydrogens is 252 g/mol. The maximum absolute atomic E-state index is 11.3. The van der Waals surface area contributed by atoms with Crippen molar-refractivity contribution in [1.29, 1.82) is 0 Å². The molecule has 2 rings (SSSR count). The van der Waals surface area contributed by atoms with E-state index in [1.54, 1.807) is 12.1 Å².